The van der Waals surface area contributed by atoms with Crippen molar-refractivity contribution in [1.29, 1.82) is 0 Å². The second-order valence-electron chi connectivity index (χ2n) is 6.21. The minimum absolute atomic E-state index is 0.00918. The predicted octanol–water partition coefficient (Wildman–Crippen LogP) is 1.61. The Bertz CT molecular complexity index is 830. The number of aryl methyl sites for hydroxylation is 1. The van der Waals surface area contributed by atoms with Crippen molar-refractivity contribution in [2.24, 2.45) is 0 Å². The number of nitrogens with zero attached hydrogens (tertiary/aromatic N) is 2. The number of hydrogen-bond acceptors (Lipinski definition) is 5. The third kappa shape index (κ3) is 4.73. The Kier molecular flexibility index (Phi) is 6.10. The van der Waals surface area contributed by atoms with E-state index in [9.17, 15) is 14.0 Å². The Morgan fingerprint density at radius 2 is 2.38 bits per heavy atom. The molecule has 0 aliphatic carbocycles. The van der Waals surface area contributed by atoms with Gasteiger partial charge in [0.1, 0.15) is 5.82 Å². The molecule has 140 valence electrons. The number of amides is 1. The molecule has 1 unspecified atom stereocenters. The molecular formula is C17H21FN4O3S. The molecule has 7 nitrogen and oxygen atoms in total. The summed E-state index contributed by atoms with van der Waals surface area (Å²) < 4.78 is 20.6. The summed E-state index contributed by atoms with van der Waals surface area (Å²) in [7, 11) is 0. The van der Waals surface area contributed by atoms with Crippen LogP contribution in [0.3, 0.4) is 0 Å². The topological polar surface area (TPSA) is 89.0 Å². The molecular weight excluding hydrogens is 359 g/mol. The minimum atomic E-state index is -0.307. The summed E-state index contributed by atoms with van der Waals surface area (Å²) in [6.07, 6.45) is 1.91. The molecule has 1 aromatic heterocycles. The highest BCUT2D eigenvalue weighted by Gasteiger charge is 2.20. The molecule has 1 aliphatic heterocycles. The lowest BCUT2D eigenvalue weighted by Crippen LogP contribution is -2.26. The molecule has 1 amide bonds. The highest BCUT2D eigenvalue weighted by molar-refractivity contribution is 7.99. The number of hydrogen-bond donors (Lipinski definition) is 2. The molecule has 3 rings (SSSR count). The van der Waals surface area contributed by atoms with E-state index in [4.69, 9.17) is 4.74 Å². The zero-order valence-electron chi connectivity index (χ0n) is 14.5. The molecule has 2 N–H and O–H groups in total. The fourth-order valence-corrected chi connectivity index (χ4v) is 3.48. The standard InChI is InChI=1S/C17H21FN4O3S/c1-11-4-5-12(7-14(11)18)8-19-15(23)10-26-17-21-20-16(24)22(17)9-13-3-2-6-25-13/h4-5,7,13H,2-3,6,8-10H2,1H3,(H,19,23)(H,20,24). The van der Waals surface area contributed by atoms with E-state index >= 15 is 0 Å². The smallest absolute Gasteiger partial charge is 0.344 e. The first-order chi connectivity index (χ1) is 12.5. The van der Waals surface area contributed by atoms with Gasteiger partial charge in [0.2, 0.25) is 5.91 Å². The molecule has 0 spiro atoms. The van der Waals surface area contributed by atoms with Gasteiger partial charge in [-0.15, -0.1) is 5.10 Å². The van der Waals surface area contributed by atoms with Gasteiger partial charge in [0.15, 0.2) is 5.16 Å². The van der Waals surface area contributed by atoms with Crippen molar-refractivity contribution < 1.29 is 13.9 Å². The summed E-state index contributed by atoms with van der Waals surface area (Å²) >= 11 is 1.18. The number of rotatable bonds is 7. The molecule has 1 fully saturated rings. The van der Waals surface area contributed by atoms with Gasteiger partial charge in [0, 0.05) is 13.2 Å². The lowest BCUT2D eigenvalue weighted by Gasteiger charge is -2.11. The van der Waals surface area contributed by atoms with E-state index in [0.29, 0.717) is 29.4 Å². The van der Waals surface area contributed by atoms with E-state index in [1.807, 2.05) is 0 Å². The van der Waals surface area contributed by atoms with E-state index in [-0.39, 0.29) is 35.8 Å². The summed E-state index contributed by atoms with van der Waals surface area (Å²) in [5, 5.41) is 9.58. The van der Waals surface area contributed by atoms with Crippen LogP contribution in [0.5, 0.6) is 0 Å². The van der Waals surface area contributed by atoms with Crippen LogP contribution in [-0.4, -0.2) is 39.1 Å². The van der Waals surface area contributed by atoms with Crippen molar-refractivity contribution in [3.63, 3.8) is 0 Å². The Labute approximate surface area is 154 Å². The second kappa shape index (κ2) is 8.50. The normalized spacial score (nSPS) is 16.8. The van der Waals surface area contributed by atoms with Gasteiger partial charge in [-0.1, -0.05) is 23.9 Å². The zero-order chi connectivity index (χ0) is 18.5. The van der Waals surface area contributed by atoms with Crippen molar-refractivity contribution >= 4 is 17.7 Å². The molecule has 1 saturated heterocycles. The number of halogens is 1. The van der Waals surface area contributed by atoms with Crippen molar-refractivity contribution in [3.8, 4) is 0 Å². The van der Waals surface area contributed by atoms with Crippen molar-refractivity contribution in [3.05, 3.63) is 45.6 Å². The van der Waals surface area contributed by atoms with Crippen LogP contribution in [0.15, 0.2) is 28.2 Å². The van der Waals surface area contributed by atoms with Crippen molar-refractivity contribution in [2.75, 3.05) is 12.4 Å². The van der Waals surface area contributed by atoms with Gasteiger partial charge in [-0.05, 0) is 37.0 Å². The summed E-state index contributed by atoms with van der Waals surface area (Å²) in [4.78, 5) is 23.9. The molecule has 0 radical (unpaired) electrons. The first kappa shape index (κ1) is 18.7. The largest absolute Gasteiger partial charge is 0.376 e. The third-order valence-corrected chi connectivity index (χ3v) is 5.17. The average molecular weight is 380 g/mol. The van der Waals surface area contributed by atoms with Crippen LogP contribution in [-0.2, 0) is 22.6 Å². The molecule has 1 aliphatic rings. The van der Waals surface area contributed by atoms with E-state index in [2.05, 4.69) is 15.5 Å². The maximum atomic E-state index is 13.5. The quantitative estimate of drug-likeness (QED) is 0.713. The Hall–Kier alpha value is -2.13. The fraction of sp³-hybridized carbons (Fsp3) is 0.471. The number of thioether (sulfide) groups is 1. The molecule has 1 atom stereocenters. The first-order valence-electron chi connectivity index (χ1n) is 8.44. The molecule has 2 heterocycles. The first-order valence-corrected chi connectivity index (χ1v) is 9.43. The summed E-state index contributed by atoms with van der Waals surface area (Å²) in [5.41, 5.74) is 0.957. The summed E-state index contributed by atoms with van der Waals surface area (Å²) in [6, 6.07) is 4.87. The number of nitrogens with one attached hydrogen (secondary N) is 2. The lowest BCUT2D eigenvalue weighted by molar-refractivity contribution is -0.118. The predicted molar refractivity (Wildman–Crippen MR) is 95.5 cm³/mol. The molecule has 2 aromatic rings. The van der Waals surface area contributed by atoms with Gasteiger partial charge in [0.05, 0.1) is 18.4 Å². The summed E-state index contributed by atoms with van der Waals surface area (Å²) in [6.45, 7) is 3.08. The van der Waals surface area contributed by atoms with Crippen LogP contribution in [0.4, 0.5) is 4.39 Å². The average Bonchev–Trinajstić information content (AvgIpc) is 3.25. The minimum Gasteiger partial charge on any atom is -0.376 e. The SMILES string of the molecule is Cc1ccc(CNC(=O)CSc2n[nH]c(=O)n2CC2CCCO2)cc1F. The van der Waals surface area contributed by atoms with Crippen LogP contribution >= 0.6 is 11.8 Å². The van der Waals surface area contributed by atoms with Crippen LogP contribution in [0.1, 0.15) is 24.0 Å². The number of aromatic amines is 1. The fourth-order valence-electron chi connectivity index (χ4n) is 2.69. The number of H-pyrrole nitrogens is 1. The Morgan fingerprint density at radius 3 is 3.12 bits per heavy atom. The number of carbonyl (C=O) groups excluding carboxylic acids is 1. The number of benzene rings is 1. The van der Waals surface area contributed by atoms with Gasteiger partial charge in [0.25, 0.3) is 0 Å². The number of ether oxygens (including phenoxy) is 1. The molecule has 26 heavy (non-hydrogen) atoms. The van der Waals surface area contributed by atoms with Gasteiger partial charge >= 0.3 is 5.69 Å². The van der Waals surface area contributed by atoms with Crippen LogP contribution in [0.25, 0.3) is 0 Å². The van der Waals surface area contributed by atoms with Crippen LogP contribution in [0.2, 0.25) is 0 Å². The van der Waals surface area contributed by atoms with E-state index in [1.54, 1.807) is 19.1 Å². The molecule has 0 bridgehead atoms. The van der Waals surface area contributed by atoms with Gasteiger partial charge in [-0.25, -0.2) is 14.3 Å². The highest BCUT2D eigenvalue weighted by atomic mass is 32.2. The van der Waals surface area contributed by atoms with E-state index in [1.165, 1.54) is 22.4 Å². The maximum absolute atomic E-state index is 13.5. The lowest BCUT2D eigenvalue weighted by atomic mass is 10.1. The van der Waals surface area contributed by atoms with Gasteiger partial charge in [-0.2, -0.15) is 0 Å². The maximum Gasteiger partial charge on any atom is 0.344 e. The summed E-state index contributed by atoms with van der Waals surface area (Å²) in [5.74, 6) is -0.389. The Morgan fingerprint density at radius 1 is 1.54 bits per heavy atom. The van der Waals surface area contributed by atoms with E-state index < -0.39 is 0 Å². The van der Waals surface area contributed by atoms with Crippen molar-refractivity contribution in [1.82, 2.24) is 20.1 Å². The van der Waals surface area contributed by atoms with Gasteiger partial charge in [-0.3, -0.25) is 9.36 Å². The third-order valence-electron chi connectivity index (χ3n) is 4.19. The van der Waals surface area contributed by atoms with E-state index in [0.717, 1.165) is 12.8 Å². The molecule has 1 aromatic carbocycles. The second-order valence-corrected chi connectivity index (χ2v) is 7.15. The Balaban J connectivity index is 1.51. The molecule has 9 heteroatoms. The number of carbonyl (C=O) groups is 1. The van der Waals surface area contributed by atoms with Crippen LogP contribution < -0.4 is 11.0 Å². The number of aromatic nitrogens is 3. The molecule has 0 saturated carbocycles. The highest BCUT2D eigenvalue weighted by Crippen LogP contribution is 2.18. The van der Waals surface area contributed by atoms with Crippen molar-refractivity contribution in [2.45, 2.75) is 44.1 Å². The van der Waals surface area contributed by atoms with Gasteiger partial charge < -0.3 is 10.1 Å². The van der Waals surface area contributed by atoms with Crippen LogP contribution in [0, 0.1) is 12.7 Å². The zero-order valence-corrected chi connectivity index (χ0v) is 15.3. The monoisotopic (exact) mass is 380 g/mol.